The van der Waals surface area contributed by atoms with Crippen LogP contribution in [-0.2, 0) is 14.4 Å². The minimum Gasteiger partial charge on any atom is -0.379 e. The fourth-order valence-electron chi connectivity index (χ4n) is 6.23. The topological polar surface area (TPSA) is 103 Å². The lowest BCUT2D eigenvalue weighted by Gasteiger charge is -2.40. The molecule has 6 atom stereocenters. The maximum absolute atomic E-state index is 14.6. The number of Topliss-reactive ketones (excluding diaryl/α,β-unsaturated/α-hetero) is 1. The van der Waals surface area contributed by atoms with Gasteiger partial charge in [-0.05, 0) is 54.8 Å². The number of hydrogen-bond donors (Lipinski definition) is 4. The average Bonchev–Trinajstić information content (AvgIpc) is 3.34. The van der Waals surface area contributed by atoms with Gasteiger partial charge in [-0.25, -0.2) is 0 Å². The number of allylic oxidation sites excluding steroid dienone is 1. The predicted molar refractivity (Wildman–Crippen MR) is 193 cm³/mol. The molecule has 0 saturated carbocycles. The van der Waals surface area contributed by atoms with Gasteiger partial charge in [0, 0.05) is 19.1 Å². The number of nitrogens with one attached hydrogen (secondary N) is 4. The van der Waals surface area contributed by atoms with Crippen LogP contribution in [0.2, 0.25) is 0 Å². The van der Waals surface area contributed by atoms with Gasteiger partial charge < -0.3 is 26.2 Å². The molecule has 5 unspecified atom stereocenters. The molecular formula is C38H67N5O3. The zero-order valence-electron chi connectivity index (χ0n) is 30.9. The van der Waals surface area contributed by atoms with E-state index in [1.54, 1.807) is 11.0 Å². The van der Waals surface area contributed by atoms with E-state index in [2.05, 4.69) is 110 Å². The smallest absolute Gasteiger partial charge is 0.246 e. The molecule has 0 aromatic rings. The zero-order valence-corrected chi connectivity index (χ0v) is 30.9. The maximum atomic E-state index is 14.6. The molecule has 46 heavy (non-hydrogen) atoms. The summed E-state index contributed by atoms with van der Waals surface area (Å²) in [5.74, 6) is 0.0203. The Morgan fingerprint density at radius 2 is 1.59 bits per heavy atom. The van der Waals surface area contributed by atoms with Gasteiger partial charge in [0.1, 0.15) is 12.1 Å². The first-order valence-corrected chi connectivity index (χ1v) is 17.5. The van der Waals surface area contributed by atoms with Crippen LogP contribution in [0.4, 0.5) is 0 Å². The van der Waals surface area contributed by atoms with E-state index in [-0.39, 0.29) is 46.6 Å². The van der Waals surface area contributed by atoms with Gasteiger partial charge in [-0.15, -0.1) is 6.58 Å². The quantitative estimate of drug-likeness (QED) is 0.0830. The molecular weight excluding hydrogens is 574 g/mol. The van der Waals surface area contributed by atoms with Crippen molar-refractivity contribution in [1.29, 1.82) is 0 Å². The molecule has 8 nitrogen and oxygen atoms in total. The summed E-state index contributed by atoms with van der Waals surface area (Å²) in [4.78, 5) is 43.7. The second-order valence-electron chi connectivity index (χ2n) is 15.0. The summed E-state index contributed by atoms with van der Waals surface area (Å²) in [7, 11) is 0. The number of amides is 2. The van der Waals surface area contributed by atoms with Crippen LogP contribution in [-0.4, -0.2) is 59.8 Å². The van der Waals surface area contributed by atoms with Gasteiger partial charge in [-0.2, -0.15) is 0 Å². The minimum absolute atomic E-state index is 0.0351. The van der Waals surface area contributed by atoms with Crippen LogP contribution in [0.3, 0.4) is 0 Å². The van der Waals surface area contributed by atoms with Gasteiger partial charge in [0.15, 0.2) is 5.78 Å². The lowest BCUT2D eigenvalue weighted by Crippen LogP contribution is -2.60. The Bertz CT molecular complexity index is 1090. The van der Waals surface area contributed by atoms with Crippen LogP contribution in [0.5, 0.6) is 0 Å². The second kappa shape index (κ2) is 18.3. The highest BCUT2D eigenvalue weighted by atomic mass is 16.2. The third-order valence-electron chi connectivity index (χ3n) is 9.89. The molecule has 1 aliphatic rings. The lowest BCUT2D eigenvalue weighted by molar-refractivity contribution is -0.143. The highest BCUT2D eigenvalue weighted by Gasteiger charge is 2.49. The molecule has 1 aliphatic heterocycles. The van der Waals surface area contributed by atoms with Crippen molar-refractivity contribution in [2.24, 2.45) is 22.7 Å². The van der Waals surface area contributed by atoms with E-state index in [9.17, 15) is 14.4 Å². The molecule has 0 aromatic heterocycles. The average molecular weight is 642 g/mol. The Hall–Kier alpha value is -3.03. The van der Waals surface area contributed by atoms with Crippen LogP contribution in [0.1, 0.15) is 114 Å². The molecule has 1 saturated heterocycles. The largest absolute Gasteiger partial charge is 0.379 e. The zero-order chi connectivity index (χ0) is 35.4. The molecule has 0 aliphatic carbocycles. The number of ketones is 1. The molecule has 262 valence electrons. The number of rotatable bonds is 21. The molecule has 0 aromatic carbocycles. The highest BCUT2D eigenvalue weighted by Crippen LogP contribution is 2.36. The normalized spacial score (nSPS) is 20.2. The summed E-state index contributed by atoms with van der Waals surface area (Å²) < 4.78 is 0. The molecule has 8 heteroatoms. The van der Waals surface area contributed by atoms with E-state index in [0.717, 1.165) is 32.1 Å². The summed E-state index contributed by atoms with van der Waals surface area (Å²) in [6, 6.07) is -1.90. The molecule has 2 amide bonds. The Morgan fingerprint density at radius 3 is 2.09 bits per heavy atom. The fraction of sp³-hybridized carbons (Fsp3) is 0.711. The van der Waals surface area contributed by atoms with Crippen LogP contribution >= 0.6 is 0 Å². The van der Waals surface area contributed by atoms with E-state index in [0.29, 0.717) is 31.8 Å². The van der Waals surface area contributed by atoms with Crippen molar-refractivity contribution in [1.82, 2.24) is 26.2 Å². The van der Waals surface area contributed by atoms with Crippen molar-refractivity contribution < 1.29 is 14.4 Å². The minimum atomic E-state index is -0.726. The first-order chi connectivity index (χ1) is 21.4. The molecule has 4 N–H and O–H groups in total. The number of nitrogens with zero attached hydrogens (tertiary/aromatic N) is 1. The lowest BCUT2D eigenvalue weighted by atomic mass is 9.80. The Morgan fingerprint density at radius 1 is 0.957 bits per heavy atom. The second-order valence-corrected chi connectivity index (χ2v) is 15.0. The Labute approximate surface area is 281 Å². The van der Waals surface area contributed by atoms with Crippen molar-refractivity contribution in [3.63, 3.8) is 0 Å². The van der Waals surface area contributed by atoms with Gasteiger partial charge >= 0.3 is 0 Å². The number of hydrogen-bond acceptors (Lipinski definition) is 6. The van der Waals surface area contributed by atoms with Gasteiger partial charge in [-0.3, -0.25) is 14.4 Å². The van der Waals surface area contributed by atoms with Crippen molar-refractivity contribution >= 4 is 17.6 Å². The first-order valence-electron chi connectivity index (χ1n) is 17.5. The monoisotopic (exact) mass is 642 g/mol. The summed E-state index contributed by atoms with van der Waals surface area (Å²) >= 11 is 0. The summed E-state index contributed by atoms with van der Waals surface area (Å²) in [5, 5.41) is 13.1. The number of carbonyl (C=O) groups is 3. The first kappa shape index (κ1) is 41.0. The van der Waals surface area contributed by atoms with E-state index >= 15 is 0 Å². The fourth-order valence-corrected chi connectivity index (χ4v) is 6.23. The maximum Gasteiger partial charge on any atom is 0.246 e. The molecule has 0 spiro atoms. The van der Waals surface area contributed by atoms with E-state index in [4.69, 9.17) is 0 Å². The highest BCUT2D eigenvalue weighted by molar-refractivity contribution is 6.01. The van der Waals surface area contributed by atoms with Crippen molar-refractivity contribution in [2.45, 2.75) is 138 Å². The molecule has 0 radical (unpaired) electrons. The third-order valence-corrected chi connectivity index (χ3v) is 9.89. The van der Waals surface area contributed by atoms with Crippen molar-refractivity contribution in [2.75, 3.05) is 13.1 Å². The Balaban J connectivity index is 3.37. The summed E-state index contributed by atoms with van der Waals surface area (Å²) in [6.45, 7) is 38.0. The molecule has 0 bridgehead atoms. The van der Waals surface area contributed by atoms with Gasteiger partial charge in [0.05, 0.1) is 17.6 Å². The SMILES string of the molecule is C=CCNC(=C)C(=O)C(CCC)NC(=O)C1[C@@H](CC)C(C)CN1C(=O)C(NC(=C)NC(CCC(=C)CC)C(C)(C)C)C(C)(C)CC. The summed E-state index contributed by atoms with van der Waals surface area (Å²) in [5.41, 5.74) is 0.984. The van der Waals surface area contributed by atoms with Crippen molar-refractivity contribution in [3.05, 3.63) is 49.5 Å². The van der Waals surface area contributed by atoms with Crippen LogP contribution in [0, 0.1) is 22.7 Å². The van der Waals surface area contributed by atoms with Gasteiger partial charge in [0.25, 0.3) is 0 Å². The van der Waals surface area contributed by atoms with Crippen molar-refractivity contribution in [3.8, 4) is 0 Å². The summed E-state index contributed by atoms with van der Waals surface area (Å²) in [6.07, 6.45) is 7.10. The van der Waals surface area contributed by atoms with Crippen LogP contribution < -0.4 is 21.3 Å². The number of carbonyl (C=O) groups excluding carboxylic acids is 3. The Kier molecular flexibility index (Phi) is 16.3. The van der Waals surface area contributed by atoms with Crippen LogP contribution in [0.25, 0.3) is 0 Å². The van der Waals surface area contributed by atoms with E-state index in [1.807, 2.05) is 6.92 Å². The molecule has 1 fully saturated rings. The van der Waals surface area contributed by atoms with E-state index in [1.165, 1.54) is 5.57 Å². The standard InChI is InChI=1S/C38H67N5O3/c1-15-20-30(33(44)27(8)39-23-16-2)42-35(45)32-29(18-4)26(7)24-43(32)36(46)34(38(13,14)19-5)41-28(9)40-31(37(10,11)12)22-21-25(6)17-3/h16,26,29-32,34,39-41H,2,6,8-9,15,17-24H2,1,3-5,7,10-14H3,(H,42,45)/t26?,29-,30?,31?,32?,34?/m0/s1. The third kappa shape index (κ3) is 11.3. The van der Waals surface area contributed by atoms with E-state index < -0.39 is 23.5 Å². The van der Waals surface area contributed by atoms with Gasteiger partial charge in [-0.1, -0.05) is 113 Å². The predicted octanol–water partition coefficient (Wildman–Crippen LogP) is 6.62. The molecule has 1 rings (SSSR count). The number of likely N-dealkylation sites (tertiary alicyclic amines) is 1. The van der Waals surface area contributed by atoms with Gasteiger partial charge in [0.2, 0.25) is 11.8 Å². The molecule has 1 heterocycles. The van der Waals surface area contributed by atoms with Crippen LogP contribution in [0.15, 0.2) is 49.5 Å².